The highest BCUT2D eigenvalue weighted by molar-refractivity contribution is 5.84. The maximum absolute atomic E-state index is 14.9. The zero-order valence-electron chi connectivity index (χ0n) is 18.4. The Kier molecular flexibility index (Phi) is 7.71. The Morgan fingerprint density at radius 3 is 2.71 bits per heavy atom. The fourth-order valence-electron chi connectivity index (χ4n) is 3.92. The molecule has 1 aromatic carbocycles. The van der Waals surface area contributed by atoms with Crippen LogP contribution in [0.2, 0.25) is 0 Å². The number of esters is 1. The summed E-state index contributed by atoms with van der Waals surface area (Å²) in [5, 5.41) is 3.60. The molecule has 0 radical (unpaired) electrons. The SMILES string of the molecule is CCOC(=O)/C=C/COc1cn(C(C)C)c2cc(NC3CCCCC3)c(F)cc2c1=O. The number of hydrogen-bond donors (Lipinski definition) is 1. The fraction of sp³-hybridized carbons (Fsp3) is 0.500. The number of benzene rings is 1. The zero-order valence-corrected chi connectivity index (χ0v) is 18.4. The monoisotopic (exact) mass is 430 g/mol. The van der Waals surface area contributed by atoms with Crippen LogP contribution in [0, 0.1) is 5.82 Å². The molecule has 0 spiro atoms. The van der Waals surface area contributed by atoms with E-state index in [1.54, 1.807) is 19.2 Å². The largest absolute Gasteiger partial charge is 0.484 e. The van der Waals surface area contributed by atoms with Crippen molar-refractivity contribution < 1.29 is 18.7 Å². The molecule has 31 heavy (non-hydrogen) atoms. The van der Waals surface area contributed by atoms with E-state index in [1.807, 2.05) is 18.4 Å². The lowest BCUT2D eigenvalue weighted by Crippen LogP contribution is -2.23. The van der Waals surface area contributed by atoms with E-state index in [2.05, 4.69) is 5.32 Å². The smallest absolute Gasteiger partial charge is 0.330 e. The second-order valence-corrected chi connectivity index (χ2v) is 8.12. The van der Waals surface area contributed by atoms with Crippen molar-refractivity contribution in [1.82, 2.24) is 4.57 Å². The quantitative estimate of drug-likeness (QED) is 0.473. The highest BCUT2D eigenvalue weighted by atomic mass is 19.1. The molecule has 0 bridgehead atoms. The van der Waals surface area contributed by atoms with Crippen molar-refractivity contribution in [2.45, 2.75) is 65.0 Å². The highest BCUT2D eigenvalue weighted by Crippen LogP contribution is 2.28. The number of hydrogen-bond acceptors (Lipinski definition) is 5. The number of rotatable bonds is 8. The number of anilines is 1. The summed E-state index contributed by atoms with van der Waals surface area (Å²) >= 11 is 0. The van der Waals surface area contributed by atoms with Crippen LogP contribution in [0.5, 0.6) is 5.75 Å². The van der Waals surface area contributed by atoms with Gasteiger partial charge in [0, 0.05) is 18.2 Å². The van der Waals surface area contributed by atoms with Crippen LogP contribution < -0.4 is 15.5 Å². The maximum Gasteiger partial charge on any atom is 0.330 e. The standard InChI is InChI=1S/C24H31FN2O4/c1-4-30-23(28)11-8-12-31-22-15-27(16(2)3)21-14-20(19(25)13-18(21)24(22)29)26-17-9-6-5-7-10-17/h8,11,13-17,26H,4-7,9-10,12H2,1-3H3/b11-8+. The molecule has 0 atom stereocenters. The zero-order chi connectivity index (χ0) is 22.4. The van der Waals surface area contributed by atoms with Gasteiger partial charge in [-0.1, -0.05) is 19.3 Å². The summed E-state index contributed by atoms with van der Waals surface area (Å²) in [7, 11) is 0. The number of fused-ring (bicyclic) bond motifs is 1. The summed E-state index contributed by atoms with van der Waals surface area (Å²) in [6.07, 6.45) is 9.97. The number of aromatic nitrogens is 1. The number of nitrogens with zero attached hydrogens (tertiary/aromatic N) is 1. The van der Waals surface area contributed by atoms with Gasteiger partial charge < -0.3 is 19.4 Å². The van der Waals surface area contributed by atoms with E-state index >= 15 is 0 Å². The third-order valence-electron chi connectivity index (χ3n) is 5.49. The lowest BCUT2D eigenvalue weighted by Gasteiger charge is -2.25. The van der Waals surface area contributed by atoms with Gasteiger partial charge in [0.05, 0.1) is 29.4 Å². The molecule has 0 amide bonds. The van der Waals surface area contributed by atoms with Gasteiger partial charge in [0.15, 0.2) is 5.75 Å². The van der Waals surface area contributed by atoms with Crippen molar-refractivity contribution >= 4 is 22.6 Å². The van der Waals surface area contributed by atoms with Crippen molar-refractivity contribution in [1.29, 1.82) is 0 Å². The summed E-state index contributed by atoms with van der Waals surface area (Å²) in [5.74, 6) is -0.795. The summed E-state index contributed by atoms with van der Waals surface area (Å²) in [5.41, 5.74) is 0.716. The molecular formula is C24H31FN2O4. The topological polar surface area (TPSA) is 69.6 Å². The molecular weight excluding hydrogens is 399 g/mol. The molecule has 1 aliphatic carbocycles. The number of ether oxygens (including phenoxy) is 2. The van der Waals surface area contributed by atoms with Crippen LogP contribution in [0.4, 0.5) is 10.1 Å². The first-order valence-corrected chi connectivity index (χ1v) is 11.0. The minimum absolute atomic E-state index is 0.0292. The first-order valence-electron chi connectivity index (χ1n) is 11.0. The van der Waals surface area contributed by atoms with Crippen LogP contribution in [0.3, 0.4) is 0 Å². The normalized spacial score (nSPS) is 15.0. The average molecular weight is 431 g/mol. The molecule has 168 valence electrons. The predicted molar refractivity (Wildman–Crippen MR) is 120 cm³/mol. The van der Waals surface area contributed by atoms with Crippen molar-refractivity contribution in [3.8, 4) is 5.75 Å². The Labute approximate surface area is 182 Å². The Balaban J connectivity index is 1.90. The Hall–Kier alpha value is -2.83. The van der Waals surface area contributed by atoms with Crippen LogP contribution in [0.15, 0.2) is 35.3 Å². The average Bonchev–Trinajstić information content (AvgIpc) is 2.74. The summed E-state index contributed by atoms with van der Waals surface area (Å²) in [6.45, 7) is 6.03. The first kappa shape index (κ1) is 22.8. The molecule has 0 aliphatic heterocycles. The molecule has 7 heteroatoms. The second kappa shape index (κ2) is 10.5. The molecule has 1 fully saturated rings. The van der Waals surface area contributed by atoms with Crippen LogP contribution in [-0.2, 0) is 9.53 Å². The molecule has 1 saturated carbocycles. The Morgan fingerprint density at radius 2 is 2.03 bits per heavy atom. The van der Waals surface area contributed by atoms with Crippen LogP contribution in [0.1, 0.15) is 58.9 Å². The summed E-state index contributed by atoms with van der Waals surface area (Å²) in [6, 6.07) is 3.32. The van der Waals surface area contributed by atoms with Crippen molar-refractivity contribution in [3.05, 3.63) is 46.5 Å². The van der Waals surface area contributed by atoms with Crippen molar-refractivity contribution in [2.24, 2.45) is 0 Å². The molecule has 0 saturated heterocycles. The third kappa shape index (κ3) is 5.66. The van der Waals surface area contributed by atoms with Crippen LogP contribution in [0.25, 0.3) is 10.9 Å². The molecule has 3 rings (SSSR count). The Morgan fingerprint density at radius 1 is 1.29 bits per heavy atom. The molecule has 1 N–H and O–H groups in total. The Bertz CT molecular complexity index is 1010. The number of carbonyl (C=O) groups is 1. The van der Waals surface area contributed by atoms with E-state index < -0.39 is 11.8 Å². The van der Waals surface area contributed by atoms with Gasteiger partial charge >= 0.3 is 5.97 Å². The summed E-state index contributed by atoms with van der Waals surface area (Å²) in [4.78, 5) is 24.3. The number of carbonyl (C=O) groups excluding carboxylic acids is 1. The minimum atomic E-state index is -0.468. The summed E-state index contributed by atoms with van der Waals surface area (Å²) < 4.78 is 27.2. The molecule has 2 aromatic rings. The molecule has 1 aliphatic rings. The molecule has 1 heterocycles. The van der Waals surface area contributed by atoms with Gasteiger partial charge in [-0.15, -0.1) is 0 Å². The maximum atomic E-state index is 14.9. The number of nitrogens with one attached hydrogen (secondary N) is 1. The molecule has 6 nitrogen and oxygen atoms in total. The van der Waals surface area contributed by atoms with Crippen molar-refractivity contribution in [3.63, 3.8) is 0 Å². The van der Waals surface area contributed by atoms with Crippen LogP contribution >= 0.6 is 0 Å². The fourth-order valence-corrected chi connectivity index (χ4v) is 3.92. The van der Waals surface area contributed by atoms with E-state index in [-0.39, 0.29) is 41.9 Å². The second-order valence-electron chi connectivity index (χ2n) is 8.12. The molecule has 0 unspecified atom stereocenters. The molecule has 1 aromatic heterocycles. The van der Waals surface area contributed by atoms with Gasteiger partial charge in [-0.25, -0.2) is 9.18 Å². The van der Waals surface area contributed by atoms with E-state index in [0.29, 0.717) is 11.2 Å². The van der Waals surface area contributed by atoms with E-state index in [9.17, 15) is 14.0 Å². The lowest BCUT2D eigenvalue weighted by atomic mass is 9.95. The van der Waals surface area contributed by atoms with Crippen molar-refractivity contribution in [2.75, 3.05) is 18.5 Å². The minimum Gasteiger partial charge on any atom is -0.484 e. The van der Waals surface area contributed by atoms with E-state index in [1.165, 1.54) is 24.6 Å². The van der Waals surface area contributed by atoms with Gasteiger partial charge in [0.2, 0.25) is 5.43 Å². The van der Waals surface area contributed by atoms with E-state index in [0.717, 1.165) is 25.7 Å². The van der Waals surface area contributed by atoms with Gasteiger partial charge in [-0.3, -0.25) is 4.79 Å². The van der Waals surface area contributed by atoms with Gasteiger partial charge in [-0.05, 0) is 51.8 Å². The van der Waals surface area contributed by atoms with E-state index in [4.69, 9.17) is 9.47 Å². The number of halogens is 1. The lowest BCUT2D eigenvalue weighted by molar-refractivity contribution is -0.137. The van der Waals surface area contributed by atoms with Gasteiger partial charge in [0.25, 0.3) is 0 Å². The van der Waals surface area contributed by atoms with Crippen LogP contribution in [-0.4, -0.2) is 29.8 Å². The predicted octanol–water partition coefficient (Wildman–Crippen LogP) is 4.96. The first-order chi connectivity index (χ1) is 14.9. The van der Waals surface area contributed by atoms with Gasteiger partial charge in [-0.2, -0.15) is 0 Å². The number of pyridine rings is 1. The highest BCUT2D eigenvalue weighted by Gasteiger charge is 2.18. The van der Waals surface area contributed by atoms with Gasteiger partial charge in [0.1, 0.15) is 12.4 Å². The third-order valence-corrected chi connectivity index (χ3v) is 5.49.